The number of rotatable bonds is 4. The number of hydrogen-bond donors (Lipinski definition) is 0. The fourth-order valence-electron chi connectivity index (χ4n) is 1.11. The van der Waals surface area contributed by atoms with Gasteiger partial charge >= 0.3 is 0 Å². The molecule has 82 valence electrons. The third-order valence-corrected chi connectivity index (χ3v) is 3.50. The summed E-state index contributed by atoms with van der Waals surface area (Å²) in [6.45, 7) is 1.15. The van der Waals surface area contributed by atoms with Crippen LogP contribution in [0.2, 0.25) is 8.67 Å². The fraction of sp³-hybridized carbons (Fsp3) is 0.444. The number of hydrogen-bond acceptors (Lipinski definition) is 4. The summed E-state index contributed by atoms with van der Waals surface area (Å²) in [5.74, 6) is -0.143. The molecule has 0 spiro atoms. The van der Waals surface area contributed by atoms with Crippen molar-refractivity contribution in [2.45, 2.75) is 6.10 Å². The second-order valence-corrected chi connectivity index (χ2v) is 5.42. The van der Waals surface area contributed by atoms with E-state index in [-0.39, 0.29) is 18.5 Å². The van der Waals surface area contributed by atoms with Crippen molar-refractivity contribution in [1.29, 1.82) is 0 Å². The minimum atomic E-state index is -0.143. The molecule has 0 atom stereocenters. The number of thiophene rings is 1. The molecule has 2 heterocycles. The van der Waals surface area contributed by atoms with Crippen LogP contribution in [0.25, 0.3) is 0 Å². The van der Waals surface area contributed by atoms with E-state index in [1.165, 1.54) is 11.3 Å². The molecule has 15 heavy (non-hydrogen) atoms. The van der Waals surface area contributed by atoms with Crippen molar-refractivity contribution >= 4 is 40.3 Å². The Morgan fingerprint density at radius 1 is 1.60 bits per heavy atom. The van der Waals surface area contributed by atoms with E-state index >= 15 is 0 Å². The Labute approximate surface area is 101 Å². The molecule has 1 aromatic rings. The van der Waals surface area contributed by atoms with Gasteiger partial charge in [-0.25, -0.2) is 0 Å². The van der Waals surface area contributed by atoms with E-state index in [0.29, 0.717) is 27.4 Å². The summed E-state index contributed by atoms with van der Waals surface area (Å²) in [6, 6.07) is 1.57. The van der Waals surface area contributed by atoms with Gasteiger partial charge in [0.25, 0.3) is 0 Å². The van der Waals surface area contributed by atoms with Crippen molar-refractivity contribution in [2.75, 3.05) is 19.8 Å². The molecule has 0 saturated carbocycles. The molecule has 0 amide bonds. The van der Waals surface area contributed by atoms with Gasteiger partial charge in [-0.05, 0) is 6.07 Å². The molecule has 0 aliphatic carbocycles. The van der Waals surface area contributed by atoms with Gasteiger partial charge in [-0.2, -0.15) is 0 Å². The molecule has 1 aliphatic rings. The van der Waals surface area contributed by atoms with Crippen LogP contribution < -0.4 is 0 Å². The smallest absolute Gasteiger partial charge is 0.190 e. The van der Waals surface area contributed by atoms with Crippen molar-refractivity contribution in [3.63, 3.8) is 0 Å². The lowest BCUT2D eigenvalue weighted by Crippen LogP contribution is -2.37. The largest absolute Gasteiger partial charge is 0.376 e. The van der Waals surface area contributed by atoms with Gasteiger partial charge in [0.15, 0.2) is 5.78 Å². The number of Topliss-reactive ketones (excluding diaryl/α,β-unsaturated/α-hetero) is 1. The predicted octanol–water partition coefficient (Wildman–Crippen LogP) is 2.65. The van der Waals surface area contributed by atoms with Crippen molar-refractivity contribution in [1.82, 2.24) is 0 Å². The number of halogens is 2. The average molecular weight is 267 g/mol. The first-order valence-electron chi connectivity index (χ1n) is 4.34. The Hall–Kier alpha value is -0.130. The van der Waals surface area contributed by atoms with Crippen LogP contribution in [-0.2, 0) is 9.47 Å². The molecule has 1 aromatic heterocycles. The first-order chi connectivity index (χ1) is 7.16. The zero-order chi connectivity index (χ0) is 10.8. The molecule has 1 fully saturated rings. The molecular formula is C9H8Cl2O3S. The van der Waals surface area contributed by atoms with Crippen molar-refractivity contribution in [2.24, 2.45) is 0 Å². The van der Waals surface area contributed by atoms with Crippen LogP contribution in [0.4, 0.5) is 0 Å². The lowest BCUT2D eigenvalue weighted by Gasteiger charge is -2.25. The van der Waals surface area contributed by atoms with E-state index < -0.39 is 0 Å². The molecular weight excluding hydrogens is 259 g/mol. The summed E-state index contributed by atoms with van der Waals surface area (Å²) in [5.41, 5.74) is 0.437. The molecule has 1 saturated heterocycles. The zero-order valence-electron chi connectivity index (χ0n) is 7.66. The summed E-state index contributed by atoms with van der Waals surface area (Å²) >= 11 is 12.7. The van der Waals surface area contributed by atoms with E-state index in [2.05, 4.69) is 0 Å². The van der Waals surface area contributed by atoms with Gasteiger partial charge in [-0.1, -0.05) is 23.2 Å². The number of ketones is 1. The number of carbonyl (C=O) groups is 1. The SMILES string of the molecule is O=C(COC1COC1)c1cc(Cl)sc1Cl. The topological polar surface area (TPSA) is 35.5 Å². The van der Waals surface area contributed by atoms with Crippen LogP contribution >= 0.6 is 34.5 Å². The minimum absolute atomic E-state index is 0.0286. The third kappa shape index (κ3) is 2.71. The van der Waals surface area contributed by atoms with Gasteiger partial charge in [0.05, 0.1) is 23.1 Å². The van der Waals surface area contributed by atoms with Gasteiger partial charge in [-0.3, -0.25) is 4.79 Å². The molecule has 1 aliphatic heterocycles. The maximum atomic E-state index is 11.6. The van der Waals surface area contributed by atoms with Crippen LogP contribution in [-0.4, -0.2) is 31.7 Å². The van der Waals surface area contributed by atoms with Gasteiger partial charge < -0.3 is 9.47 Å². The van der Waals surface area contributed by atoms with Crippen LogP contribution in [0.3, 0.4) is 0 Å². The van der Waals surface area contributed by atoms with Crippen LogP contribution in [0.15, 0.2) is 6.07 Å². The highest BCUT2D eigenvalue weighted by Crippen LogP contribution is 2.31. The van der Waals surface area contributed by atoms with E-state index in [9.17, 15) is 4.79 Å². The van der Waals surface area contributed by atoms with Crippen LogP contribution in [0, 0.1) is 0 Å². The van der Waals surface area contributed by atoms with E-state index in [1.807, 2.05) is 0 Å². The minimum Gasteiger partial charge on any atom is -0.376 e. The van der Waals surface area contributed by atoms with Gasteiger partial charge in [0.2, 0.25) is 0 Å². The molecule has 0 radical (unpaired) electrons. The second kappa shape index (κ2) is 4.80. The number of ether oxygens (including phenoxy) is 2. The van der Waals surface area contributed by atoms with Crippen molar-refractivity contribution in [3.05, 3.63) is 20.3 Å². The summed E-state index contributed by atoms with van der Waals surface area (Å²) in [5, 5.41) is 0. The Morgan fingerprint density at radius 3 is 2.80 bits per heavy atom. The van der Waals surface area contributed by atoms with E-state index in [4.69, 9.17) is 32.7 Å². The quantitative estimate of drug-likeness (QED) is 0.787. The third-order valence-electron chi connectivity index (χ3n) is 2.01. The first kappa shape index (κ1) is 11.4. The standard InChI is InChI=1S/C9H8Cl2O3S/c10-8-1-6(9(11)15-8)7(12)4-14-5-2-13-3-5/h1,5H,2-4H2. The summed E-state index contributed by atoms with van der Waals surface area (Å²) in [7, 11) is 0. The Morgan fingerprint density at radius 2 is 2.33 bits per heavy atom. The molecule has 0 unspecified atom stereocenters. The normalized spacial score (nSPS) is 16.4. The second-order valence-electron chi connectivity index (χ2n) is 3.13. The Balaban J connectivity index is 1.92. The summed E-state index contributed by atoms with van der Waals surface area (Å²) in [4.78, 5) is 11.6. The molecule has 0 aromatic carbocycles. The van der Waals surface area contributed by atoms with Crippen LogP contribution in [0.5, 0.6) is 0 Å². The zero-order valence-corrected chi connectivity index (χ0v) is 9.99. The molecule has 3 nitrogen and oxygen atoms in total. The average Bonchev–Trinajstić information content (AvgIpc) is 2.42. The lowest BCUT2D eigenvalue weighted by atomic mass is 10.2. The highest BCUT2D eigenvalue weighted by Gasteiger charge is 2.21. The summed E-state index contributed by atoms with van der Waals surface area (Å²) in [6.07, 6.45) is 0.0434. The van der Waals surface area contributed by atoms with E-state index in [1.54, 1.807) is 6.07 Å². The maximum absolute atomic E-state index is 11.6. The monoisotopic (exact) mass is 266 g/mol. The Kier molecular flexibility index (Phi) is 3.64. The highest BCUT2D eigenvalue weighted by atomic mass is 35.5. The van der Waals surface area contributed by atoms with Crippen molar-refractivity contribution < 1.29 is 14.3 Å². The Bertz CT molecular complexity index is 373. The van der Waals surface area contributed by atoms with Crippen LogP contribution in [0.1, 0.15) is 10.4 Å². The van der Waals surface area contributed by atoms with Gasteiger partial charge in [0, 0.05) is 0 Å². The summed E-state index contributed by atoms with van der Waals surface area (Å²) < 4.78 is 11.1. The predicted molar refractivity (Wildman–Crippen MR) is 59.2 cm³/mol. The number of carbonyl (C=O) groups excluding carboxylic acids is 1. The molecule has 2 rings (SSSR count). The maximum Gasteiger partial charge on any atom is 0.190 e. The molecule has 6 heteroatoms. The fourth-order valence-corrected chi connectivity index (χ4v) is 2.61. The van der Waals surface area contributed by atoms with Gasteiger partial charge in [0.1, 0.15) is 17.0 Å². The van der Waals surface area contributed by atoms with Gasteiger partial charge in [-0.15, -0.1) is 11.3 Å². The highest BCUT2D eigenvalue weighted by molar-refractivity contribution is 7.20. The van der Waals surface area contributed by atoms with Crippen molar-refractivity contribution in [3.8, 4) is 0 Å². The first-order valence-corrected chi connectivity index (χ1v) is 5.91. The lowest BCUT2D eigenvalue weighted by molar-refractivity contribution is -0.123. The molecule has 0 bridgehead atoms. The van der Waals surface area contributed by atoms with E-state index in [0.717, 1.165) is 0 Å². The molecule has 0 N–H and O–H groups in total.